The van der Waals surface area contributed by atoms with E-state index >= 15 is 0 Å². The minimum Gasteiger partial charge on any atom is -0.481 e. The number of ether oxygens (including phenoxy) is 1. The molecule has 0 spiro atoms. The number of rotatable bonds is 4. The molecule has 0 saturated carbocycles. The molecule has 29 heavy (non-hydrogen) atoms. The lowest BCUT2D eigenvalue weighted by molar-refractivity contribution is 0.0745. The highest BCUT2D eigenvalue weighted by Crippen LogP contribution is 2.20. The van der Waals surface area contributed by atoms with Gasteiger partial charge in [-0.3, -0.25) is 9.78 Å². The summed E-state index contributed by atoms with van der Waals surface area (Å²) in [5.41, 5.74) is 3.07. The van der Waals surface area contributed by atoms with Crippen LogP contribution in [0.3, 0.4) is 0 Å². The van der Waals surface area contributed by atoms with Gasteiger partial charge in [-0.1, -0.05) is 0 Å². The molecular formula is C21H22N6O2. The molecule has 4 heterocycles. The molecule has 8 heteroatoms. The number of methoxy groups -OCH3 is 1. The van der Waals surface area contributed by atoms with E-state index in [1.807, 2.05) is 36.1 Å². The van der Waals surface area contributed by atoms with E-state index in [-0.39, 0.29) is 5.91 Å². The maximum absolute atomic E-state index is 13.0. The Balaban J connectivity index is 1.43. The minimum absolute atomic E-state index is 0.0345. The second kappa shape index (κ2) is 8.22. The summed E-state index contributed by atoms with van der Waals surface area (Å²) in [7, 11) is 1.60. The lowest BCUT2D eigenvalue weighted by Gasteiger charge is -2.36. The summed E-state index contributed by atoms with van der Waals surface area (Å²) >= 11 is 0. The largest absolute Gasteiger partial charge is 0.481 e. The molecule has 0 N–H and O–H groups in total. The summed E-state index contributed by atoms with van der Waals surface area (Å²) in [4.78, 5) is 34.3. The number of amides is 1. The van der Waals surface area contributed by atoms with Gasteiger partial charge in [-0.2, -0.15) is 0 Å². The molecule has 1 aliphatic rings. The van der Waals surface area contributed by atoms with E-state index in [0.29, 0.717) is 36.1 Å². The van der Waals surface area contributed by atoms with Crippen molar-refractivity contribution >= 4 is 11.6 Å². The van der Waals surface area contributed by atoms with Gasteiger partial charge in [0.2, 0.25) is 5.88 Å². The molecule has 0 unspecified atom stereocenters. The molecule has 0 radical (unpaired) electrons. The van der Waals surface area contributed by atoms with Crippen LogP contribution in [0, 0.1) is 6.92 Å². The third-order valence-corrected chi connectivity index (χ3v) is 4.99. The van der Waals surface area contributed by atoms with Crippen molar-refractivity contribution in [1.82, 2.24) is 24.8 Å². The highest BCUT2D eigenvalue weighted by molar-refractivity contribution is 5.95. The standard InChI is InChI=1S/C21H22N6O2/c1-15-18(14-24-20(25-15)16-4-3-7-22-12-16)21(28)27-10-8-26(9-11-27)17-5-6-19(29-2)23-13-17/h3-7,12-14H,8-11H2,1-2H3. The Morgan fingerprint density at radius 2 is 1.86 bits per heavy atom. The summed E-state index contributed by atoms with van der Waals surface area (Å²) in [5, 5.41) is 0. The monoisotopic (exact) mass is 390 g/mol. The van der Waals surface area contributed by atoms with Crippen molar-refractivity contribution in [1.29, 1.82) is 0 Å². The first-order valence-electron chi connectivity index (χ1n) is 9.44. The van der Waals surface area contributed by atoms with E-state index in [1.54, 1.807) is 31.9 Å². The zero-order chi connectivity index (χ0) is 20.2. The Kier molecular flexibility index (Phi) is 5.33. The van der Waals surface area contributed by atoms with Gasteiger partial charge in [-0.05, 0) is 25.1 Å². The predicted octanol–water partition coefficient (Wildman–Crippen LogP) is 2.21. The number of aryl methyl sites for hydroxylation is 1. The molecule has 1 amide bonds. The van der Waals surface area contributed by atoms with Crippen LogP contribution in [0.15, 0.2) is 49.1 Å². The van der Waals surface area contributed by atoms with Gasteiger partial charge in [0.05, 0.1) is 30.3 Å². The average molecular weight is 390 g/mol. The summed E-state index contributed by atoms with van der Waals surface area (Å²) < 4.78 is 5.10. The topological polar surface area (TPSA) is 84.3 Å². The predicted molar refractivity (Wildman–Crippen MR) is 109 cm³/mol. The van der Waals surface area contributed by atoms with Crippen LogP contribution >= 0.6 is 0 Å². The second-order valence-corrected chi connectivity index (χ2v) is 6.77. The van der Waals surface area contributed by atoms with Gasteiger partial charge in [0.15, 0.2) is 5.82 Å². The van der Waals surface area contributed by atoms with Crippen LogP contribution in [-0.4, -0.2) is 64.0 Å². The number of aromatic nitrogens is 4. The van der Waals surface area contributed by atoms with E-state index in [1.165, 1.54) is 0 Å². The Morgan fingerprint density at radius 1 is 1.03 bits per heavy atom. The van der Waals surface area contributed by atoms with E-state index < -0.39 is 0 Å². The summed E-state index contributed by atoms with van der Waals surface area (Å²) in [5.74, 6) is 1.13. The maximum Gasteiger partial charge on any atom is 0.257 e. The molecule has 0 atom stereocenters. The summed E-state index contributed by atoms with van der Waals surface area (Å²) in [6, 6.07) is 7.57. The normalized spacial score (nSPS) is 14.0. The molecule has 148 valence electrons. The molecule has 0 aliphatic carbocycles. The van der Waals surface area contributed by atoms with Crippen LogP contribution in [0.5, 0.6) is 5.88 Å². The van der Waals surface area contributed by atoms with Gasteiger partial charge in [-0.25, -0.2) is 15.0 Å². The third kappa shape index (κ3) is 4.01. The summed E-state index contributed by atoms with van der Waals surface area (Å²) in [6.07, 6.45) is 6.83. The van der Waals surface area contributed by atoms with Gasteiger partial charge < -0.3 is 14.5 Å². The van der Waals surface area contributed by atoms with Crippen molar-refractivity contribution in [3.05, 3.63) is 60.3 Å². The van der Waals surface area contributed by atoms with Gasteiger partial charge >= 0.3 is 0 Å². The quantitative estimate of drug-likeness (QED) is 0.675. The number of carbonyl (C=O) groups is 1. The number of piperazine rings is 1. The Bertz CT molecular complexity index is 986. The van der Waals surface area contributed by atoms with Crippen molar-refractivity contribution in [3.8, 4) is 17.3 Å². The van der Waals surface area contributed by atoms with Crippen molar-refractivity contribution in [2.75, 3.05) is 38.2 Å². The number of hydrogen-bond acceptors (Lipinski definition) is 7. The fourth-order valence-corrected chi connectivity index (χ4v) is 3.33. The molecule has 3 aromatic rings. The van der Waals surface area contributed by atoms with Crippen LogP contribution in [0.25, 0.3) is 11.4 Å². The van der Waals surface area contributed by atoms with Crippen molar-refractivity contribution in [2.45, 2.75) is 6.92 Å². The number of hydrogen-bond donors (Lipinski definition) is 0. The Labute approximate surface area is 169 Å². The molecule has 1 aliphatic heterocycles. The highest BCUT2D eigenvalue weighted by atomic mass is 16.5. The molecular weight excluding hydrogens is 368 g/mol. The molecule has 0 aromatic carbocycles. The SMILES string of the molecule is COc1ccc(N2CCN(C(=O)c3cnc(-c4cccnc4)nc3C)CC2)cn1. The van der Waals surface area contributed by atoms with Gasteiger partial charge in [0.1, 0.15) is 0 Å². The van der Waals surface area contributed by atoms with E-state index in [9.17, 15) is 4.79 Å². The van der Waals surface area contributed by atoms with Crippen molar-refractivity contribution in [3.63, 3.8) is 0 Å². The van der Waals surface area contributed by atoms with E-state index in [2.05, 4.69) is 24.8 Å². The first-order valence-corrected chi connectivity index (χ1v) is 9.44. The fourth-order valence-electron chi connectivity index (χ4n) is 3.33. The smallest absolute Gasteiger partial charge is 0.257 e. The van der Waals surface area contributed by atoms with Crippen LogP contribution in [-0.2, 0) is 0 Å². The van der Waals surface area contributed by atoms with Gasteiger partial charge in [0, 0.05) is 56.4 Å². The lowest BCUT2D eigenvalue weighted by atomic mass is 10.1. The van der Waals surface area contributed by atoms with E-state index in [0.717, 1.165) is 24.3 Å². The first kappa shape index (κ1) is 18.8. The molecule has 1 saturated heterocycles. The number of pyridine rings is 2. The highest BCUT2D eigenvalue weighted by Gasteiger charge is 2.24. The van der Waals surface area contributed by atoms with Crippen molar-refractivity contribution < 1.29 is 9.53 Å². The van der Waals surface area contributed by atoms with E-state index in [4.69, 9.17) is 4.74 Å². The second-order valence-electron chi connectivity index (χ2n) is 6.77. The van der Waals surface area contributed by atoms with Crippen LogP contribution < -0.4 is 9.64 Å². The zero-order valence-corrected chi connectivity index (χ0v) is 16.4. The molecule has 8 nitrogen and oxygen atoms in total. The Morgan fingerprint density at radius 3 is 2.48 bits per heavy atom. The first-order chi connectivity index (χ1) is 14.2. The minimum atomic E-state index is -0.0345. The number of anilines is 1. The van der Waals surface area contributed by atoms with Crippen LogP contribution in [0.4, 0.5) is 5.69 Å². The number of carbonyl (C=O) groups excluding carboxylic acids is 1. The maximum atomic E-state index is 13.0. The summed E-state index contributed by atoms with van der Waals surface area (Å²) in [6.45, 7) is 4.60. The van der Waals surface area contributed by atoms with Gasteiger partial charge in [0.25, 0.3) is 5.91 Å². The van der Waals surface area contributed by atoms with Crippen molar-refractivity contribution in [2.24, 2.45) is 0 Å². The average Bonchev–Trinajstić information content (AvgIpc) is 2.79. The number of nitrogens with zero attached hydrogens (tertiary/aromatic N) is 6. The zero-order valence-electron chi connectivity index (χ0n) is 16.4. The molecule has 1 fully saturated rings. The molecule has 3 aromatic heterocycles. The molecule has 4 rings (SSSR count). The lowest BCUT2D eigenvalue weighted by Crippen LogP contribution is -2.49. The Hall–Kier alpha value is -3.55. The fraction of sp³-hybridized carbons (Fsp3) is 0.286. The van der Waals surface area contributed by atoms with Crippen LogP contribution in [0.1, 0.15) is 16.1 Å². The van der Waals surface area contributed by atoms with Gasteiger partial charge in [-0.15, -0.1) is 0 Å². The molecule has 0 bridgehead atoms. The third-order valence-electron chi connectivity index (χ3n) is 4.99. The van der Waals surface area contributed by atoms with Crippen LogP contribution in [0.2, 0.25) is 0 Å².